The molecule has 0 aliphatic rings. The highest BCUT2D eigenvalue weighted by Crippen LogP contribution is 2.22. The molecule has 4 aromatic rings. The molecule has 96 valence electrons. The van der Waals surface area contributed by atoms with Crippen molar-refractivity contribution >= 4 is 11.0 Å². The Morgan fingerprint density at radius 1 is 0.950 bits per heavy atom. The fourth-order valence-electron chi connectivity index (χ4n) is 2.31. The van der Waals surface area contributed by atoms with Crippen LogP contribution in [0.4, 0.5) is 0 Å². The van der Waals surface area contributed by atoms with E-state index in [-0.39, 0.29) is 0 Å². The van der Waals surface area contributed by atoms with E-state index in [1.54, 1.807) is 6.20 Å². The molecule has 0 amide bonds. The lowest BCUT2D eigenvalue weighted by Gasteiger charge is -2.03. The van der Waals surface area contributed by atoms with Crippen molar-refractivity contribution in [3.05, 3.63) is 67.0 Å². The third-order valence-corrected chi connectivity index (χ3v) is 3.28. The van der Waals surface area contributed by atoms with Gasteiger partial charge in [0.25, 0.3) is 0 Å². The first-order chi connectivity index (χ1) is 9.90. The lowest BCUT2D eigenvalue weighted by Crippen LogP contribution is -1.94. The molecule has 0 aliphatic carbocycles. The number of imidazole rings is 1. The minimum Gasteiger partial charge on any atom is -0.338 e. The van der Waals surface area contributed by atoms with Gasteiger partial charge in [0.15, 0.2) is 0 Å². The van der Waals surface area contributed by atoms with Crippen LogP contribution < -0.4 is 0 Å². The SMILES string of the molecule is c1cc(-c2nc3ccccc3[nH]2)cc(-n2cccn2)c1. The molecule has 0 fully saturated rings. The normalized spacial score (nSPS) is 11.0. The van der Waals surface area contributed by atoms with E-state index in [0.29, 0.717) is 0 Å². The van der Waals surface area contributed by atoms with Crippen molar-refractivity contribution < 1.29 is 0 Å². The monoisotopic (exact) mass is 260 g/mol. The molecular formula is C16H12N4. The van der Waals surface area contributed by atoms with E-state index in [1.807, 2.05) is 59.4 Å². The fraction of sp³-hybridized carbons (Fsp3) is 0. The maximum Gasteiger partial charge on any atom is 0.138 e. The van der Waals surface area contributed by atoms with Crippen LogP contribution in [0.15, 0.2) is 67.0 Å². The molecule has 0 aliphatic heterocycles. The van der Waals surface area contributed by atoms with E-state index in [4.69, 9.17) is 0 Å². The van der Waals surface area contributed by atoms with Crippen LogP contribution >= 0.6 is 0 Å². The standard InChI is InChI=1S/C16H12N4/c1-2-8-15-14(7-1)18-16(19-15)12-5-3-6-13(11-12)20-10-4-9-17-20/h1-11H,(H,18,19). The lowest BCUT2D eigenvalue weighted by atomic mass is 10.2. The second-order valence-electron chi connectivity index (χ2n) is 4.60. The second kappa shape index (κ2) is 4.35. The van der Waals surface area contributed by atoms with Gasteiger partial charge in [0.05, 0.1) is 16.7 Å². The smallest absolute Gasteiger partial charge is 0.138 e. The topological polar surface area (TPSA) is 46.5 Å². The maximum absolute atomic E-state index is 4.62. The van der Waals surface area contributed by atoms with Crippen molar-refractivity contribution in [2.24, 2.45) is 0 Å². The van der Waals surface area contributed by atoms with Crippen LogP contribution in [-0.4, -0.2) is 19.7 Å². The minimum atomic E-state index is 0.875. The van der Waals surface area contributed by atoms with Crippen LogP contribution in [0.1, 0.15) is 0 Å². The zero-order valence-corrected chi connectivity index (χ0v) is 10.7. The zero-order chi connectivity index (χ0) is 13.4. The third kappa shape index (κ3) is 1.78. The summed E-state index contributed by atoms with van der Waals surface area (Å²) < 4.78 is 1.84. The summed E-state index contributed by atoms with van der Waals surface area (Å²) in [6, 6.07) is 18.1. The van der Waals surface area contributed by atoms with Gasteiger partial charge in [-0.25, -0.2) is 9.67 Å². The van der Waals surface area contributed by atoms with Crippen molar-refractivity contribution in [3.8, 4) is 17.1 Å². The summed E-state index contributed by atoms with van der Waals surface area (Å²) in [4.78, 5) is 7.96. The number of H-pyrrole nitrogens is 1. The molecule has 0 spiro atoms. The Hall–Kier alpha value is -2.88. The van der Waals surface area contributed by atoms with E-state index in [0.717, 1.165) is 28.1 Å². The van der Waals surface area contributed by atoms with Crippen molar-refractivity contribution in [1.82, 2.24) is 19.7 Å². The van der Waals surface area contributed by atoms with Crippen LogP contribution in [0.5, 0.6) is 0 Å². The first-order valence-electron chi connectivity index (χ1n) is 6.45. The van der Waals surface area contributed by atoms with Crippen LogP contribution in [0.3, 0.4) is 0 Å². The Kier molecular flexibility index (Phi) is 2.39. The quantitative estimate of drug-likeness (QED) is 0.600. The van der Waals surface area contributed by atoms with Gasteiger partial charge >= 0.3 is 0 Å². The van der Waals surface area contributed by atoms with Crippen molar-refractivity contribution in [3.63, 3.8) is 0 Å². The predicted octanol–water partition coefficient (Wildman–Crippen LogP) is 3.42. The number of hydrogen-bond donors (Lipinski definition) is 1. The van der Waals surface area contributed by atoms with E-state index in [2.05, 4.69) is 21.1 Å². The summed E-state index contributed by atoms with van der Waals surface area (Å²) in [5.41, 5.74) is 4.10. The first-order valence-corrected chi connectivity index (χ1v) is 6.45. The molecule has 0 saturated carbocycles. The second-order valence-corrected chi connectivity index (χ2v) is 4.60. The highest BCUT2D eigenvalue weighted by atomic mass is 15.3. The number of nitrogens with zero attached hydrogens (tertiary/aromatic N) is 3. The number of aromatic amines is 1. The number of rotatable bonds is 2. The van der Waals surface area contributed by atoms with E-state index >= 15 is 0 Å². The van der Waals surface area contributed by atoms with Gasteiger partial charge in [-0.1, -0.05) is 24.3 Å². The van der Waals surface area contributed by atoms with Gasteiger partial charge in [0.1, 0.15) is 5.82 Å². The van der Waals surface area contributed by atoms with E-state index in [1.165, 1.54) is 0 Å². The van der Waals surface area contributed by atoms with Crippen LogP contribution in [-0.2, 0) is 0 Å². The number of nitrogens with one attached hydrogen (secondary N) is 1. The van der Waals surface area contributed by atoms with Gasteiger partial charge < -0.3 is 4.98 Å². The fourth-order valence-corrected chi connectivity index (χ4v) is 2.31. The van der Waals surface area contributed by atoms with Gasteiger partial charge in [-0.05, 0) is 30.3 Å². The molecule has 0 atom stereocenters. The summed E-state index contributed by atoms with van der Waals surface area (Å²) in [5.74, 6) is 0.875. The van der Waals surface area contributed by atoms with E-state index in [9.17, 15) is 0 Å². The number of aromatic nitrogens is 4. The first kappa shape index (κ1) is 11.0. The summed E-state index contributed by atoms with van der Waals surface area (Å²) >= 11 is 0. The van der Waals surface area contributed by atoms with Gasteiger partial charge in [-0.3, -0.25) is 0 Å². The van der Waals surface area contributed by atoms with E-state index < -0.39 is 0 Å². The number of hydrogen-bond acceptors (Lipinski definition) is 2. The minimum absolute atomic E-state index is 0.875. The average Bonchev–Trinajstić information content (AvgIpc) is 3.16. The molecule has 2 aromatic heterocycles. The van der Waals surface area contributed by atoms with Gasteiger partial charge in [0, 0.05) is 18.0 Å². The molecule has 4 rings (SSSR count). The molecule has 20 heavy (non-hydrogen) atoms. The van der Waals surface area contributed by atoms with Gasteiger partial charge in [-0.15, -0.1) is 0 Å². The summed E-state index contributed by atoms with van der Waals surface area (Å²) in [6.45, 7) is 0. The Balaban J connectivity index is 1.84. The Morgan fingerprint density at radius 3 is 2.75 bits per heavy atom. The molecule has 0 bridgehead atoms. The average molecular weight is 260 g/mol. The molecule has 0 saturated heterocycles. The molecule has 0 unspecified atom stereocenters. The van der Waals surface area contributed by atoms with Gasteiger partial charge in [0.2, 0.25) is 0 Å². The molecule has 1 N–H and O–H groups in total. The highest BCUT2D eigenvalue weighted by molar-refractivity contribution is 5.79. The number of fused-ring (bicyclic) bond motifs is 1. The Labute approximate surface area is 115 Å². The van der Waals surface area contributed by atoms with Crippen LogP contribution in [0.25, 0.3) is 28.1 Å². The van der Waals surface area contributed by atoms with Gasteiger partial charge in [-0.2, -0.15) is 5.10 Å². The summed E-state index contributed by atoms with van der Waals surface area (Å²) in [7, 11) is 0. The Bertz CT molecular complexity index is 826. The third-order valence-electron chi connectivity index (χ3n) is 3.28. The predicted molar refractivity (Wildman–Crippen MR) is 78.7 cm³/mol. The van der Waals surface area contributed by atoms with Crippen molar-refractivity contribution in [1.29, 1.82) is 0 Å². The molecule has 2 aromatic carbocycles. The molecule has 4 nitrogen and oxygen atoms in total. The number of benzene rings is 2. The maximum atomic E-state index is 4.62. The Morgan fingerprint density at radius 2 is 1.90 bits per heavy atom. The lowest BCUT2D eigenvalue weighted by molar-refractivity contribution is 0.881. The zero-order valence-electron chi connectivity index (χ0n) is 10.7. The van der Waals surface area contributed by atoms with Crippen molar-refractivity contribution in [2.45, 2.75) is 0 Å². The largest absolute Gasteiger partial charge is 0.338 e. The molecular weight excluding hydrogens is 248 g/mol. The van der Waals surface area contributed by atoms with Crippen molar-refractivity contribution in [2.75, 3.05) is 0 Å². The molecule has 4 heteroatoms. The molecule has 0 radical (unpaired) electrons. The van der Waals surface area contributed by atoms with Crippen LogP contribution in [0, 0.1) is 0 Å². The highest BCUT2D eigenvalue weighted by Gasteiger charge is 2.06. The van der Waals surface area contributed by atoms with Crippen LogP contribution in [0.2, 0.25) is 0 Å². The molecule has 2 heterocycles. The summed E-state index contributed by atoms with van der Waals surface area (Å²) in [6.07, 6.45) is 3.70. The number of para-hydroxylation sites is 2. The summed E-state index contributed by atoms with van der Waals surface area (Å²) in [5, 5.41) is 4.25.